The molecule has 5 nitrogen and oxygen atoms in total. The van der Waals surface area contributed by atoms with Crippen LogP contribution in [0.25, 0.3) is 10.9 Å². The van der Waals surface area contributed by atoms with Gasteiger partial charge in [0, 0.05) is 53.5 Å². The van der Waals surface area contributed by atoms with E-state index in [2.05, 4.69) is 15.2 Å². The lowest BCUT2D eigenvalue weighted by Crippen LogP contribution is -2.54. The number of hydrogen-bond acceptors (Lipinski definition) is 4. The van der Waals surface area contributed by atoms with Gasteiger partial charge in [0.15, 0.2) is 0 Å². The number of fused-ring (bicyclic) bond motifs is 3. The van der Waals surface area contributed by atoms with E-state index in [1.54, 1.807) is 6.92 Å². The molecule has 37 heavy (non-hydrogen) atoms. The van der Waals surface area contributed by atoms with Gasteiger partial charge in [-0.05, 0) is 43.5 Å². The number of aliphatic hydroxyl groups is 1. The van der Waals surface area contributed by atoms with E-state index in [1.807, 2.05) is 24.3 Å². The van der Waals surface area contributed by atoms with Gasteiger partial charge in [-0.1, -0.05) is 18.2 Å². The molecule has 0 radical (unpaired) electrons. The number of halogens is 5. The van der Waals surface area contributed by atoms with Gasteiger partial charge < -0.3 is 15.4 Å². The lowest BCUT2D eigenvalue weighted by atomic mass is 9.87. The molecule has 1 fully saturated rings. The number of likely N-dealkylation sites (tertiary alicyclic amines) is 1. The molecular weight excluding hydrogens is 491 g/mol. The SMILES string of the molecule is C[C@@H]1Cc2c([nH]c3ccccc23)C(c2c(F)cc(NC3CN(CCCF)C3)cc2F)N1CC(F)(F)CO. The minimum Gasteiger partial charge on any atom is -0.390 e. The summed E-state index contributed by atoms with van der Waals surface area (Å²) in [5.41, 5.74) is 2.05. The first-order valence-corrected chi connectivity index (χ1v) is 12.6. The van der Waals surface area contributed by atoms with Crippen LogP contribution >= 0.6 is 0 Å². The number of aromatic amines is 1. The second-order valence-corrected chi connectivity index (χ2v) is 10.2. The predicted molar refractivity (Wildman–Crippen MR) is 133 cm³/mol. The van der Waals surface area contributed by atoms with E-state index in [4.69, 9.17) is 0 Å². The Bertz CT molecular complexity index is 1240. The predicted octanol–water partition coefficient (Wildman–Crippen LogP) is 4.87. The molecule has 2 aliphatic heterocycles. The molecule has 2 aliphatic rings. The fourth-order valence-corrected chi connectivity index (χ4v) is 5.67. The van der Waals surface area contributed by atoms with Crippen LogP contribution in [0.2, 0.25) is 0 Å². The summed E-state index contributed by atoms with van der Waals surface area (Å²) in [4.78, 5) is 6.66. The van der Waals surface area contributed by atoms with E-state index in [-0.39, 0.29) is 24.0 Å². The molecule has 0 amide bonds. The molecule has 0 aliphatic carbocycles. The molecule has 3 N–H and O–H groups in total. The van der Waals surface area contributed by atoms with Crippen molar-refractivity contribution in [1.82, 2.24) is 14.8 Å². The number of nitrogens with one attached hydrogen (secondary N) is 2. The van der Waals surface area contributed by atoms with Crippen LogP contribution in [0.1, 0.15) is 36.2 Å². The Hall–Kier alpha value is -2.69. The number of aromatic nitrogens is 1. The number of para-hydroxylation sites is 1. The topological polar surface area (TPSA) is 54.5 Å². The van der Waals surface area contributed by atoms with Crippen LogP contribution in [-0.4, -0.2) is 77.4 Å². The van der Waals surface area contributed by atoms with E-state index in [0.29, 0.717) is 38.2 Å². The molecule has 0 saturated carbocycles. The van der Waals surface area contributed by atoms with Gasteiger partial charge in [0.1, 0.15) is 18.2 Å². The minimum absolute atomic E-state index is 0.0148. The zero-order chi connectivity index (χ0) is 26.3. The first kappa shape index (κ1) is 25.9. The average molecular weight is 523 g/mol. The van der Waals surface area contributed by atoms with Gasteiger partial charge in [-0.25, -0.2) is 17.6 Å². The van der Waals surface area contributed by atoms with E-state index in [9.17, 15) is 18.3 Å². The number of hydrogen-bond donors (Lipinski definition) is 3. The van der Waals surface area contributed by atoms with E-state index in [0.717, 1.165) is 16.5 Å². The van der Waals surface area contributed by atoms with Crippen LogP contribution in [0.15, 0.2) is 36.4 Å². The van der Waals surface area contributed by atoms with Gasteiger partial charge in [-0.3, -0.25) is 14.2 Å². The molecule has 2 atom stereocenters. The third-order valence-corrected chi connectivity index (χ3v) is 7.45. The third kappa shape index (κ3) is 5.06. The second kappa shape index (κ2) is 10.2. The summed E-state index contributed by atoms with van der Waals surface area (Å²) < 4.78 is 72.5. The van der Waals surface area contributed by atoms with Crippen molar-refractivity contribution in [3.05, 3.63) is 64.9 Å². The van der Waals surface area contributed by atoms with Crippen molar-refractivity contribution in [2.45, 2.75) is 43.8 Å². The lowest BCUT2D eigenvalue weighted by Gasteiger charge is -2.42. The molecule has 1 saturated heterocycles. The highest BCUT2D eigenvalue weighted by atomic mass is 19.3. The van der Waals surface area contributed by atoms with Crippen molar-refractivity contribution in [3.8, 4) is 0 Å². The fraction of sp³-hybridized carbons (Fsp3) is 0.481. The van der Waals surface area contributed by atoms with Gasteiger partial charge in [-0.15, -0.1) is 0 Å². The largest absolute Gasteiger partial charge is 0.390 e. The first-order valence-electron chi connectivity index (χ1n) is 12.6. The lowest BCUT2D eigenvalue weighted by molar-refractivity contribution is -0.0869. The Morgan fingerprint density at radius 1 is 1.14 bits per heavy atom. The molecule has 0 bridgehead atoms. The van der Waals surface area contributed by atoms with E-state index in [1.165, 1.54) is 17.0 Å². The molecule has 1 unspecified atom stereocenters. The molecule has 3 aromatic rings. The summed E-state index contributed by atoms with van der Waals surface area (Å²) in [7, 11) is 0. The number of H-pyrrole nitrogens is 1. The van der Waals surface area contributed by atoms with E-state index >= 15 is 8.78 Å². The van der Waals surface area contributed by atoms with Crippen molar-refractivity contribution >= 4 is 16.6 Å². The van der Waals surface area contributed by atoms with Crippen molar-refractivity contribution in [1.29, 1.82) is 0 Å². The summed E-state index contributed by atoms with van der Waals surface area (Å²) in [6, 6.07) is 8.25. The van der Waals surface area contributed by atoms with Crippen molar-refractivity contribution in [3.63, 3.8) is 0 Å². The van der Waals surface area contributed by atoms with E-state index < -0.39 is 42.8 Å². The van der Waals surface area contributed by atoms with Crippen molar-refractivity contribution in [2.24, 2.45) is 0 Å². The number of alkyl halides is 3. The van der Waals surface area contributed by atoms with Gasteiger partial charge in [0.2, 0.25) is 0 Å². The highest BCUT2D eigenvalue weighted by Gasteiger charge is 2.43. The number of rotatable bonds is 9. The molecule has 3 heterocycles. The summed E-state index contributed by atoms with van der Waals surface area (Å²) in [5.74, 6) is -5.11. The zero-order valence-electron chi connectivity index (χ0n) is 20.6. The second-order valence-electron chi connectivity index (χ2n) is 10.2. The van der Waals surface area contributed by atoms with Gasteiger partial charge in [-0.2, -0.15) is 0 Å². The first-order chi connectivity index (χ1) is 17.7. The van der Waals surface area contributed by atoms with Crippen LogP contribution < -0.4 is 5.32 Å². The summed E-state index contributed by atoms with van der Waals surface area (Å²) in [6.45, 7) is 1.09. The number of aliphatic hydroxyl groups excluding tert-OH is 1. The van der Waals surface area contributed by atoms with Crippen molar-refractivity contribution in [2.75, 3.05) is 44.8 Å². The van der Waals surface area contributed by atoms with Crippen LogP contribution in [-0.2, 0) is 6.42 Å². The molecule has 0 spiro atoms. The van der Waals surface area contributed by atoms with Crippen LogP contribution in [0, 0.1) is 11.6 Å². The highest BCUT2D eigenvalue weighted by Crippen LogP contribution is 2.43. The van der Waals surface area contributed by atoms with Crippen LogP contribution in [0.3, 0.4) is 0 Å². The zero-order valence-corrected chi connectivity index (χ0v) is 20.6. The van der Waals surface area contributed by atoms with Gasteiger partial charge in [0.25, 0.3) is 5.92 Å². The summed E-state index contributed by atoms with van der Waals surface area (Å²) in [5, 5.41) is 13.2. The maximum Gasteiger partial charge on any atom is 0.283 e. The highest BCUT2D eigenvalue weighted by molar-refractivity contribution is 5.85. The molecular formula is C27H31F5N4O. The van der Waals surface area contributed by atoms with Crippen LogP contribution in [0.4, 0.5) is 27.6 Å². The molecule has 10 heteroatoms. The maximum absolute atomic E-state index is 15.7. The Morgan fingerprint density at radius 3 is 2.51 bits per heavy atom. The molecule has 1 aromatic heterocycles. The average Bonchev–Trinajstić information content (AvgIpc) is 3.19. The molecule has 200 valence electrons. The summed E-state index contributed by atoms with van der Waals surface area (Å²) >= 11 is 0. The Labute approximate surface area is 212 Å². The Kier molecular flexibility index (Phi) is 7.17. The standard InChI is InChI=1S/C27H31F5N4O/c1-16-9-20-19-5-2-3-6-23(19)34-25(20)26(36(16)14-27(31,32)15-37)24-21(29)10-17(11-22(24)30)33-18-12-35(13-18)8-4-7-28/h2-3,5-6,10-11,16,18,26,33-34,37H,4,7-9,12-15H2,1H3/t16-,26?/m1/s1. The number of nitrogens with zero attached hydrogens (tertiary/aromatic N) is 2. The monoisotopic (exact) mass is 522 g/mol. The minimum atomic E-state index is -3.44. The van der Waals surface area contributed by atoms with Gasteiger partial charge in [0.05, 0.1) is 25.3 Å². The summed E-state index contributed by atoms with van der Waals surface area (Å²) in [6.07, 6.45) is 0.868. The van der Waals surface area contributed by atoms with Crippen molar-refractivity contribution < 1.29 is 27.1 Å². The number of benzene rings is 2. The fourth-order valence-electron chi connectivity index (χ4n) is 5.67. The van der Waals surface area contributed by atoms with Gasteiger partial charge >= 0.3 is 0 Å². The number of anilines is 1. The normalized spacial score (nSPS) is 21.3. The van der Waals surface area contributed by atoms with Crippen LogP contribution in [0.5, 0.6) is 0 Å². The molecule has 2 aromatic carbocycles. The quantitative estimate of drug-likeness (QED) is 0.351. The smallest absolute Gasteiger partial charge is 0.283 e. The maximum atomic E-state index is 15.7. The molecule has 5 rings (SSSR count). The third-order valence-electron chi connectivity index (χ3n) is 7.45. The Morgan fingerprint density at radius 2 is 1.84 bits per heavy atom. The Balaban J connectivity index is 1.50.